The van der Waals surface area contributed by atoms with Crippen LogP contribution in [0.2, 0.25) is 0 Å². The van der Waals surface area contributed by atoms with Gasteiger partial charge < -0.3 is 5.11 Å². The molecule has 1 N–H and O–H groups in total. The fraction of sp³-hybridized carbons (Fsp3) is 0.917. The van der Waals surface area contributed by atoms with Crippen molar-refractivity contribution in [3.8, 4) is 6.07 Å². The third-order valence-corrected chi connectivity index (χ3v) is 2.77. The zero-order valence-electron chi connectivity index (χ0n) is 9.71. The van der Waals surface area contributed by atoms with Crippen molar-refractivity contribution in [3.63, 3.8) is 0 Å². The number of nitrogens with zero attached hydrogens (tertiary/aromatic N) is 1. The van der Waals surface area contributed by atoms with Crippen LogP contribution in [0.4, 0.5) is 0 Å². The number of hydrogen-bond acceptors (Lipinski definition) is 2. The molecular formula is C12H23NO. The van der Waals surface area contributed by atoms with Gasteiger partial charge >= 0.3 is 0 Å². The van der Waals surface area contributed by atoms with Crippen LogP contribution in [-0.2, 0) is 0 Å². The van der Waals surface area contributed by atoms with Crippen molar-refractivity contribution in [3.05, 3.63) is 0 Å². The standard InChI is InChI=1S/C12H23NO/c1-4-6-7-9-12(3,14)11(10-13)8-5-2/h11,14H,4-9H2,1-3H3. The van der Waals surface area contributed by atoms with Crippen molar-refractivity contribution in [2.75, 3.05) is 0 Å². The summed E-state index contributed by atoms with van der Waals surface area (Å²) in [6.07, 6.45) is 5.82. The Kier molecular flexibility index (Phi) is 6.57. The van der Waals surface area contributed by atoms with Crippen molar-refractivity contribution in [2.45, 2.75) is 64.9 Å². The van der Waals surface area contributed by atoms with E-state index < -0.39 is 5.60 Å². The zero-order valence-corrected chi connectivity index (χ0v) is 9.71. The van der Waals surface area contributed by atoms with E-state index in [1.807, 2.05) is 6.92 Å². The first-order valence-corrected chi connectivity index (χ1v) is 5.70. The van der Waals surface area contributed by atoms with Gasteiger partial charge in [-0.2, -0.15) is 5.26 Å². The molecule has 0 rings (SSSR count). The lowest BCUT2D eigenvalue weighted by Crippen LogP contribution is -2.33. The second-order valence-corrected chi connectivity index (χ2v) is 4.28. The summed E-state index contributed by atoms with van der Waals surface area (Å²) >= 11 is 0. The molecule has 82 valence electrons. The van der Waals surface area contributed by atoms with E-state index >= 15 is 0 Å². The SMILES string of the molecule is CCCCCC(C)(O)C(C#N)CCC. The van der Waals surface area contributed by atoms with E-state index in [9.17, 15) is 5.11 Å². The van der Waals surface area contributed by atoms with Gasteiger partial charge in [0.15, 0.2) is 0 Å². The van der Waals surface area contributed by atoms with Crippen LogP contribution in [0.15, 0.2) is 0 Å². The van der Waals surface area contributed by atoms with Gasteiger partial charge in [-0.15, -0.1) is 0 Å². The summed E-state index contributed by atoms with van der Waals surface area (Å²) in [7, 11) is 0. The van der Waals surface area contributed by atoms with Gasteiger partial charge in [-0.1, -0.05) is 39.5 Å². The van der Waals surface area contributed by atoms with E-state index in [1.54, 1.807) is 6.92 Å². The van der Waals surface area contributed by atoms with Gasteiger partial charge in [-0.05, 0) is 19.8 Å². The summed E-state index contributed by atoms with van der Waals surface area (Å²) in [5.74, 6) is -0.204. The molecule has 0 bridgehead atoms. The van der Waals surface area contributed by atoms with E-state index in [0.29, 0.717) is 0 Å². The van der Waals surface area contributed by atoms with Crippen LogP contribution in [0.5, 0.6) is 0 Å². The number of rotatable bonds is 7. The van der Waals surface area contributed by atoms with Gasteiger partial charge in [0.2, 0.25) is 0 Å². The minimum atomic E-state index is -0.792. The number of hydrogen-bond donors (Lipinski definition) is 1. The first-order valence-electron chi connectivity index (χ1n) is 5.70. The summed E-state index contributed by atoms with van der Waals surface area (Å²) in [6.45, 7) is 5.99. The minimum absolute atomic E-state index is 0.204. The maximum absolute atomic E-state index is 10.1. The summed E-state index contributed by atoms with van der Waals surface area (Å²) in [6, 6.07) is 2.22. The quantitative estimate of drug-likeness (QED) is 0.637. The van der Waals surface area contributed by atoms with Crippen molar-refractivity contribution >= 4 is 0 Å². The molecule has 0 radical (unpaired) electrons. The third kappa shape index (κ3) is 4.62. The van der Waals surface area contributed by atoms with Crippen LogP contribution >= 0.6 is 0 Å². The van der Waals surface area contributed by atoms with Crippen LogP contribution in [0.3, 0.4) is 0 Å². The summed E-state index contributed by atoms with van der Waals surface area (Å²) in [4.78, 5) is 0. The van der Waals surface area contributed by atoms with Gasteiger partial charge in [-0.25, -0.2) is 0 Å². The maximum Gasteiger partial charge on any atom is 0.0777 e. The average Bonchev–Trinajstić information content (AvgIpc) is 2.14. The highest BCUT2D eigenvalue weighted by Gasteiger charge is 2.30. The summed E-state index contributed by atoms with van der Waals surface area (Å²) in [5.41, 5.74) is -0.792. The third-order valence-electron chi connectivity index (χ3n) is 2.77. The highest BCUT2D eigenvalue weighted by atomic mass is 16.3. The van der Waals surface area contributed by atoms with Gasteiger partial charge in [0.25, 0.3) is 0 Å². The van der Waals surface area contributed by atoms with E-state index in [0.717, 1.165) is 38.5 Å². The lowest BCUT2D eigenvalue weighted by atomic mass is 9.83. The van der Waals surface area contributed by atoms with Crippen LogP contribution in [-0.4, -0.2) is 10.7 Å². The minimum Gasteiger partial charge on any atom is -0.389 e. The van der Waals surface area contributed by atoms with Crippen molar-refractivity contribution < 1.29 is 5.11 Å². The Balaban J connectivity index is 4.06. The van der Waals surface area contributed by atoms with Crippen LogP contribution in [0.1, 0.15) is 59.3 Å². The molecule has 0 aromatic heterocycles. The highest BCUT2D eigenvalue weighted by molar-refractivity contribution is 4.95. The van der Waals surface area contributed by atoms with Gasteiger partial charge in [-0.3, -0.25) is 0 Å². The predicted octanol–water partition coefficient (Wildman–Crippen LogP) is 3.26. The Morgan fingerprint density at radius 2 is 1.93 bits per heavy atom. The predicted molar refractivity (Wildman–Crippen MR) is 58.8 cm³/mol. The smallest absolute Gasteiger partial charge is 0.0777 e. The molecule has 0 aliphatic heterocycles. The molecule has 0 aromatic carbocycles. The topological polar surface area (TPSA) is 44.0 Å². The molecule has 0 saturated carbocycles. The molecule has 0 aliphatic rings. The molecule has 2 atom stereocenters. The molecular weight excluding hydrogens is 174 g/mol. The fourth-order valence-electron chi connectivity index (χ4n) is 1.71. The Morgan fingerprint density at radius 3 is 2.36 bits per heavy atom. The number of nitriles is 1. The van der Waals surface area contributed by atoms with Gasteiger partial charge in [0.1, 0.15) is 0 Å². The zero-order chi connectivity index (χ0) is 11.0. The molecule has 2 nitrogen and oxygen atoms in total. The molecule has 2 unspecified atom stereocenters. The Bertz CT molecular complexity index is 181. The van der Waals surface area contributed by atoms with E-state index in [1.165, 1.54) is 0 Å². The Morgan fingerprint density at radius 1 is 1.29 bits per heavy atom. The second-order valence-electron chi connectivity index (χ2n) is 4.28. The highest BCUT2D eigenvalue weighted by Crippen LogP contribution is 2.26. The maximum atomic E-state index is 10.1. The fourth-order valence-corrected chi connectivity index (χ4v) is 1.71. The van der Waals surface area contributed by atoms with E-state index in [4.69, 9.17) is 5.26 Å². The van der Waals surface area contributed by atoms with Crippen molar-refractivity contribution in [2.24, 2.45) is 5.92 Å². The average molecular weight is 197 g/mol. The largest absolute Gasteiger partial charge is 0.389 e. The molecule has 0 saturated heterocycles. The molecule has 14 heavy (non-hydrogen) atoms. The summed E-state index contributed by atoms with van der Waals surface area (Å²) < 4.78 is 0. The van der Waals surface area contributed by atoms with Crippen LogP contribution < -0.4 is 0 Å². The number of unbranched alkanes of at least 4 members (excludes halogenated alkanes) is 2. The number of aliphatic hydroxyl groups is 1. The first-order chi connectivity index (χ1) is 6.58. The second kappa shape index (κ2) is 6.84. The summed E-state index contributed by atoms with van der Waals surface area (Å²) in [5, 5.41) is 19.0. The Labute approximate surface area is 87.9 Å². The van der Waals surface area contributed by atoms with E-state index in [-0.39, 0.29) is 5.92 Å². The molecule has 0 aliphatic carbocycles. The van der Waals surface area contributed by atoms with Gasteiger partial charge in [0, 0.05) is 0 Å². The monoisotopic (exact) mass is 197 g/mol. The lowest BCUT2D eigenvalue weighted by Gasteiger charge is -2.28. The van der Waals surface area contributed by atoms with Crippen LogP contribution in [0, 0.1) is 17.2 Å². The van der Waals surface area contributed by atoms with E-state index in [2.05, 4.69) is 13.0 Å². The molecule has 0 amide bonds. The Hall–Kier alpha value is -0.550. The molecule has 0 aromatic rings. The van der Waals surface area contributed by atoms with Crippen molar-refractivity contribution in [1.82, 2.24) is 0 Å². The normalized spacial score (nSPS) is 17.1. The molecule has 2 heteroatoms. The van der Waals surface area contributed by atoms with Gasteiger partial charge in [0.05, 0.1) is 17.6 Å². The van der Waals surface area contributed by atoms with Crippen molar-refractivity contribution in [1.29, 1.82) is 5.26 Å². The lowest BCUT2D eigenvalue weighted by molar-refractivity contribution is 0.00700. The first kappa shape index (κ1) is 13.4. The molecule has 0 heterocycles. The molecule has 0 fully saturated rings. The van der Waals surface area contributed by atoms with Crippen LogP contribution in [0.25, 0.3) is 0 Å². The molecule has 0 spiro atoms.